The summed E-state index contributed by atoms with van der Waals surface area (Å²) in [5, 5.41) is 23.3. The van der Waals surface area contributed by atoms with Crippen LogP contribution < -0.4 is 11.2 Å². The van der Waals surface area contributed by atoms with Crippen molar-refractivity contribution in [2.75, 3.05) is 19.8 Å². The van der Waals surface area contributed by atoms with E-state index >= 15 is 0 Å². The number of carbonyl (C=O) groups excluding carboxylic acids is 1. The quantitative estimate of drug-likeness (QED) is 0.435. The molecule has 2 aromatic heterocycles. The summed E-state index contributed by atoms with van der Waals surface area (Å²) in [6, 6.07) is 13.1. The Labute approximate surface area is 206 Å². The molecule has 188 valence electrons. The smallest absolute Gasteiger partial charge is 0.331 e. The van der Waals surface area contributed by atoms with Gasteiger partial charge in [-0.3, -0.25) is 23.6 Å². The van der Waals surface area contributed by atoms with E-state index in [0.717, 1.165) is 26.0 Å². The first kappa shape index (κ1) is 24.0. The maximum absolute atomic E-state index is 13.8. The number of rotatable bonds is 5. The maximum Gasteiger partial charge on any atom is 0.331 e. The van der Waals surface area contributed by atoms with Crippen molar-refractivity contribution < 1.29 is 19.8 Å². The minimum absolute atomic E-state index is 0.0510. The van der Waals surface area contributed by atoms with Crippen molar-refractivity contribution in [3.8, 4) is 0 Å². The van der Waals surface area contributed by atoms with E-state index in [0.29, 0.717) is 0 Å². The normalized spacial score (nSPS) is 18.9. The molecule has 10 nitrogen and oxygen atoms in total. The lowest BCUT2D eigenvalue weighted by atomic mass is 10.0. The molecule has 0 unspecified atom stereocenters. The van der Waals surface area contributed by atoms with Gasteiger partial charge >= 0.3 is 5.69 Å². The molecular formula is C26H28N4O6. The second-order valence-corrected chi connectivity index (χ2v) is 9.66. The monoisotopic (exact) mass is 492 g/mol. The summed E-state index contributed by atoms with van der Waals surface area (Å²) in [5.74, 6) is -0.595. The second-order valence-electron chi connectivity index (χ2n) is 9.66. The molecule has 1 aliphatic heterocycles. The number of aromatic nitrogens is 3. The number of aliphatic hydroxyl groups is 2. The number of fused-ring (bicyclic) bond motifs is 2. The molecule has 1 saturated heterocycles. The summed E-state index contributed by atoms with van der Waals surface area (Å²) in [6.07, 6.45) is 1.60. The van der Waals surface area contributed by atoms with Crippen molar-refractivity contribution in [1.82, 2.24) is 18.8 Å². The SMILES string of the molecule is C[C@@H](CO)n1c(=O)n(C)c(=O)c2c(C(=O)N3C[C@](C)(O)CO3)n(Cc3cccc4ccccc34)cc21. The Balaban J connectivity index is 1.79. The van der Waals surface area contributed by atoms with E-state index in [9.17, 15) is 24.6 Å². The van der Waals surface area contributed by atoms with Crippen LogP contribution in [0.5, 0.6) is 0 Å². The third-order valence-corrected chi connectivity index (χ3v) is 6.70. The zero-order chi connectivity index (χ0) is 25.8. The van der Waals surface area contributed by atoms with Crippen LogP contribution in [0.1, 0.15) is 35.9 Å². The predicted molar refractivity (Wildman–Crippen MR) is 134 cm³/mol. The van der Waals surface area contributed by atoms with Crippen LogP contribution in [0, 0.1) is 0 Å². The fraction of sp³-hybridized carbons (Fsp3) is 0.346. The molecule has 5 rings (SSSR count). The lowest BCUT2D eigenvalue weighted by Crippen LogP contribution is -2.40. The second kappa shape index (κ2) is 8.74. The molecule has 1 amide bonds. The van der Waals surface area contributed by atoms with Gasteiger partial charge in [-0.15, -0.1) is 0 Å². The van der Waals surface area contributed by atoms with Crippen LogP contribution in [-0.4, -0.2) is 60.2 Å². The van der Waals surface area contributed by atoms with Gasteiger partial charge in [-0.05, 0) is 30.2 Å². The van der Waals surface area contributed by atoms with Gasteiger partial charge in [-0.2, -0.15) is 0 Å². The molecule has 10 heteroatoms. The van der Waals surface area contributed by atoms with E-state index in [-0.39, 0.29) is 42.9 Å². The van der Waals surface area contributed by atoms with Crippen LogP contribution in [0.4, 0.5) is 0 Å². The molecule has 0 radical (unpaired) electrons. The molecule has 3 heterocycles. The molecule has 0 bridgehead atoms. The molecule has 2 N–H and O–H groups in total. The molecule has 4 aromatic rings. The topological polar surface area (TPSA) is 119 Å². The van der Waals surface area contributed by atoms with Gasteiger partial charge in [0.15, 0.2) is 0 Å². The Bertz CT molecular complexity index is 1610. The van der Waals surface area contributed by atoms with Gasteiger partial charge in [-0.1, -0.05) is 42.5 Å². The number of carbonyl (C=O) groups is 1. The third kappa shape index (κ3) is 3.83. The van der Waals surface area contributed by atoms with E-state index < -0.39 is 28.8 Å². The van der Waals surface area contributed by atoms with Gasteiger partial charge in [0.2, 0.25) is 0 Å². The van der Waals surface area contributed by atoms with E-state index in [1.54, 1.807) is 24.6 Å². The maximum atomic E-state index is 13.8. The van der Waals surface area contributed by atoms with Gasteiger partial charge in [-0.25, -0.2) is 9.86 Å². The first-order valence-electron chi connectivity index (χ1n) is 11.7. The molecule has 2 atom stereocenters. The molecule has 0 saturated carbocycles. The minimum atomic E-state index is -1.23. The number of β-amino-alcohol motifs (C(OH)–C–C–N with tert-alkyl or cyclic N) is 1. The van der Waals surface area contributed by atoms with Crippen LogP contribution in [0.15, 0.2) is 58.3 Å². The van der Waals surface area contributed by atoms with Crippen LogP contribution in [0.2, 0.25) is 0 Å². The zero-order valence-electron chi connectivity index (χ0n) is 20.3. The number of hydrogen-bond donors (Lipinski definition) is 2. The van der Waals surface area contributed by atoms with E-state index in [1.807, 2.05) is 42.5 Å². The molecule has 0 aliphatic carbocycles. The van der Waals surface area contributed by atoms with Gasteiger partial charge in [0, 0.05) is 19.8 Å². The summed E-state index contributed by atoms with van der Waals surface area (Å²) in [4.78, 5) is 45.6. The number of amides is 1. The highest BCUT2D eigenvalue weighted by Crippen LogP contribution is 2.27. The molecule has 0 spiro atoms. The lowest BCUT2D eigenvalue weighted by Gasteiger charge is -2.18. The van der Waals surface area contributed by atoms with Crippen LogP contribution in [-0.2, 0) is 18.4 Å². The summed E-state index contributed by atoms with van der Waals surface area (Å²) in [7, 11) is 1.35. The first-order valence-corrected chi connectivity index (χ1v) is 11.7. The Kier molecular flexibility index (Phi) is 5.82. The van der Waals surface area contributed by atoms with Crippen LogP contribution >= 0.6 is 0 Å². The van der Waals surface area contributed by atoms with Gasteiger partial charge in [0.05, 0.1) is 30.1 Å². The van der Waals surface area contributed by atoms with Crippen molar-refractivity contribution >= 4 is 27.6 Å². The van der Waals surface area contributed by atoms with Crippen LogP contribution in [0.25, 0.3) is 21.7 Å². The van der Waals surface area contributed by atoms with Crippen molar-refractivity contribution in [2.45, 2.75) is 32.0 Å². The van der Waals surface area contributed by atoms with E-state index in [1.165, 1.54) is 11.6 Å². The lowest BCUT2D eigenvalue weighted by molar-refractivity contribution is -0.0801. The number of benzene rings is 2. The average Bonchev–Trinajstić information content (AvgIpc) is 3.42. The van der Waals surface area contributed by atoms with Gasteiger partial charge in [0.25, 0.3) is 11.5 Å². The van der Waals surface area contributed by atoms with Crippen molar-refractivity contribution in [1.29, 1.82) is 0 Å². The summed E-state index contributed by atoms with van der Waals surface area (Å²) in [6.45, 7) is 3.00. The average molecular weight is 493 g/mol. The third-order valence-electron chi connectivity index (χ3n) is 6.70. The number of nitrogens with zero attached hydrogens (tertiary/aromatic N) is 4. The Hall–Kier alpha value is -3.73. The molecule has 1 fully saturated rings. The number of aliphatic hydroxyl groups excluding tert-OH is 1. The highest BCUT2D eigenvalue weighted by Gasteiger charge is 2.38. The Morgan fingerprint density at radius 2 is 1.89 bits per heavy atom. The molecule has 36 heavy (non-hydrogen) atoms. The predicted octanol–water partition coefficient (Wildman–Crippen LogP) is 1.39. The van der Waals surface area contributed by atoms with Crippen molar-refractivity contribution in [3.63, 3.8) is 0 Å². The number of hydroxylamine groups is 2. The standard InChI is InChI=1S/C26H28N4O6/c1-16(13-31)30-20-12-28(11-18-9-6-8-17-7-4-5-10-19(17)18)22(21(20)23(32)27(3)25(30)34)24(33)29-14-26(2,35)15-36-29/h4-10,12,16,31,35H,11,13-15H2,1-3H3/t16-,26-/m0/s1. The fourth-order valence-corrected chi connectivity index (χ4v) is 4.80. The fourth-order valence-electron chi connectivity index (χ4n) is 4.80. The highest BCUT2D eigenvalue weighted by atomic mass is 16.7. The van der Waals surface area contributed by atoms with Crippen LogP contribution in [0.3, 0.4) is 0 Å². The molecular weight excluding hydrogens is 464 g/mol. The van der Waals surface area contributed by atoms with Gasteiger partial charge in [0.1, 0.15) is 17.9 Å². The van der Waals surface area contributed by atoms with Gasteiger partial charge < -0.3 is 14.8 Å². The van der Waals surface area contributed by atoms with E-state index in [4.69, 9.17) is 4.84 Å². The van der Waals surface area contributed by atoms with E-state index in [2.05, 4.69) is 0 Å². The highest BCUT2D eigenvalue weighted by molar-refractivity contribution is 6.05. The molecule has 1 aliphatic rings. The summed E-state index contributed by atoms with van der Waals surface area (Å²) in [5.41, 5.74) is -1.22. The first-order chi connectivity index (χ1) is 17.1. The zero-order valence-corrected chi connectivity index (χ0v) is 20.3. The Morgan fingerprint density at radius 3 is 2.58 bits per heavy atom. The number of hydrogen-bond acceptors (Lipinski definition) is 6. The van der Waals surface area contributed by atoms with Crippen molar-refractivity contribution in [2.24, 2.45) is 7.05 Å². The van der Waals surface area contributed by atoms with Crippen molar-refractivity contribution in [3.05, 3.63) is 80.8 Å². The summed E-state index contributed by atoms with van der Waals surface area (Å²) < 4.78 is 3.91. The summed E-state index contributed by atoms with van der Waals surface area (Å²) >= 11 is 0. The Morgan fingerprint density at radius 1 is 1.17 bits per heavy atom. The minimum Gasteiger partial charge on any atom is -0.394 e. The largest absolute Gasteiger partial charge is 0.394 e. The molecule has 2 aromatic carbocycles.